The van der Waals surface area contributed by atoms with Gasteiger partial charge in [-0.05, 0) is 89.8 Å². The van der Waals surface area contributed by atoms with E-state index in [2.05, 4.69) is 33.9 Å². The summed E-state index contributed by atoms with van der Waals surface area (Å²) in [5, 5.41) is 4.22. The topological polar surface area (TPSA) is 83.4 Å². The molecule has 2 aromatic heterocycles. The number of hydrogen-bond donors (Lipinski definition) is 2. The summed E-state index contributed by atoms with van der Waals surface area (Å²) >= 11 is 1.70. The van der Waals surface area contributed by atoms with E-state index in [0.29, 0.717) is 26.3 Å². The summed E-state index contributed by atoms with van der Waals surface area (Å²) < 4.78 is 11.2. The Morgan fingerprint density at radius 2 is 1.30 bits per heavy atom. The molecular formula is C27H31N3O2S. The summed E-state index contributed by atoms with van der Waals surface area (Å²) in [5.74, 6) is 1.79. The quantitative estimate of drug-likeness (QED) is 0.300. The maximum absolute atomic E-state index is 5.61. The predicted octanol–water partition coefficient (Wildman–Crippen LogP) is 5.62. The first kappa shape index (κ1) is 24.5. The van der Waals surface area contributed by atoms with Gasteiger partial charge in [-0.25, -0.2) is 0 Å². The first-order chi connectivity index (χ1) is 16.3. The lowest BCUT2D eigenvalue weighted by Gasteiger charge is -2.07. The first-order valence-electron chi connectivity index (χ1n) is 11.1. The van der Waals surface area contributed by atoms with E-state index in [1.54, 1.807) is 17.5 Å². The van der Waals surface area contributed by atoms with E-state index in [-0.39, 0.29) is 0 Å². The molecule has 4 aromatic rings. The molecule has 4 N–H and O–H groups in total. The van der Waals surface area contributed by atoms with Gasteiger partial charge in [0.25, 0.3) is 0 Å². The van der Waals surface area contributed by atoms with E-state index in [1.165, 1.54) is 11.1 Å². The van der Waals surface area contributed by atoms with E-state index >= 15 is 0 Å². The van der Waals surface area contributed by atoms with Gasteiger partial charge in [-0.3, -0.25) is 4.98 Å². The fraction of sp³-hybridized carbons (Fsp3) is 0.222. The Morgan fingerprint density at radius 1 is 0.697 bits per heavy atom. The summed E-state index contributed by atoms with van der Waals surface area (Å²) in [6, 6.07) is 22.2. The molecule has 2 aromatic carbocycles. The second kappa shape index (κ2) is 14.1. The summed E-state index contributed by atoms with van der Waals surface area (Å²) in [7, 11) is 0. The van der Waals surface area contributed by atoms with Gasteiger partial charge in [0.2, 0.25) is 0 Å². The molecule has 0 fully saturated rings. The highest BCUT2D eigenvalue weighted by Gasteiger charge is 2.01. The third-order valence-corrected chi connectivity index (χ3v) is 5.44. The molecule has 0 aliphatic carbocycles. The zero-order valence-electron chi connectivity index (χ0n) is 18.7. The Labute approximate surface area is 200 Å². The summed E-state index contributed by atoms with van der Waals surface area (Å²) in [6.45, 7) is 2.67. The molecule has 0 amide bonds. The molecule has 0 saturated heterocycles. The molecule has 172 valence electrons. The van der Waals surface area contributed by atoms with Crippen LogP contribution in [0.3, 0.4) is 0 Å². The highest BCUT2D eigenvalue weighted by Crippen LogP contribution is 2.26. The molecule has 0 aliphatic rings. The molecule has 0 radical (unpaired) electrons. The number of thiophene rings is 1. The lowest BCUT2D eigenvalue weighted by atomic mass is 10.1. The number of rotatable bonds is 10. The number of nitrogens with two attached hydrogens (primary N) is 2. The maximum atomic E-state index is 5.61. The number of pyridine rings is 1. The monoisotopic (exact) mass is 461 g/mol. The highest BCUT2D eigenvalue weighted by atomic mass is 32.1. The van der Waals surface area contributed by atoms with E-state index in [4.69, 9.17) is 20.9 Å². The molecule has 2 heterocycles. The predicted molar refractivity (Wildman–Crippen MR) is 138 cm³/mol. The van der Waals surface area contributed by atoms with Crippen LogP contribution in [-0.4, -0.2) is 31.3 Å². The maximum Gasteiger partial charge on any atom is 0.119 e. The number of ether oxygens (including phenoxy) is 2. The third kappa shape index (κ3) is 8.35. The third-order valence-electron chi connectivity index (χ3n) is 4.75. The van der Waals surface area contributed by atoms with Gasteiger partial charge in [0, 0.05) is 18.0 Å². The fourth-order valence-corrected chi connectivity index (χ4v) is 3.70. The Morgan fingerprint density at radius 3 is 1.82 bits per heavy atom. The van der Waals surface area contributed by atoms with Crippen molar-refractivity contribution in [1.29, 1.82) is 0 Å². The molecule has 4 rings (SSSR count). The van der Waals surface area contributed by atoms with Gasteiger partial charge < -0.3 is 20.9 Å². The summed E-state index contributed by atoms with van der Waals surface area (Å²) in [4.78, 5) is 4.11. The van der Waals surface area contributed by atoms with Gasteiger partial charge in [0.1, 0.15) is 11.5 Å². The van der Waals surface area contributed by atoms with Crippen molar-refractivity contribution in [2.45, 2.75) is 12.8 Å². The van der Waals surface area contributed by atoms with Crippen molar-refractivity contribution in [2.75, 3.05) is 26.3 Å². The molecule has 0 spiro atoms. The van der Waals surface area contributed by atoms with Crippen LogP contribution in [0, 0.1) is 0 Å². The average molecular weight is 462 g/mol. The Kier molecular flexibility index (Phi) is 10.4. The standard InChI is InChI=1S/C14H16N2O.C13H15NOS/c15-7-3-9-17-14-6-1-4-12(10-14)13-5-2-8-16-11-13;14-6-2-7-15-13-4-1-3-11(9-13)12-5-8-16-10-12/h1-2,4-6,8,10-11H,3,7,9,15H2;1,3-5,8-10H,2,6-7,14H2. The molecule has 0 saturated carbocycles. The minimum absolute atomic E-state index is 0.655. The Bertz CT molecular complexity index is 1060. The van der Waals surface area contributed by atoms with Gasteiger partial charge in [-0.2, -0.15) is 11.3 Å². The average Bonchev–Trinajstić information content (AvgIpc) is 3.41. The van der Waals surface area contributed by atoms with Crippen molar-refractivity contribution in [3.63, 3.8) is 0 Å². The number of aromatic nitrogens is 1. The first-order valence-corrected chi connectivity index (χ1v) is 12.0. The fourth-order valence-electron chi connectivity index (χ4n) is 3.04. The van der Waals surface area contributed by atoms with E-state index in [1.807, 2.05) is 54.7 Å². The van der Waals surface area contributed by atoms with Gasteiger partial charge in [-0.1, -0.05) is 30.3 Å². The van der Waals surface area contributed by atoms with Crippen molar-refractivity contribution in [2.24, 2.45) is 11.5 Å². The molecule has 0 aliphatic heterocycles. The Hall–Kier alpha value is -3.19. The minimum atomic E-state index is 0.655. The van der Waals surface area contributed by atoms with Crippen LogP contribution in [0.5, 0.6) is 11.5 Å². The lowest BCUT2D eigenvalue weighted by Crippen LogP contribution is -2.06. The largest absolute Gasteiger partial charge is 0.494 e. The van der Waals surface area contributed by atoms with E-state index in [0.717, 1.165) is 35.5 Å². The van der Waals surface area contributed by atoms with Crippen molar-refractivity contribution in [3.05, 3.63) is 89.9 Å². The van der Waals surface area contributed by atoms with Gasteiger partial charge in [0.15, 0.2) is 0 Å². The molecule has 0 atom stereocenters. The normalized spacial score (nSPS) is 10.2. The van der Waals surface area contributed by atoms with Gasteiger partial charge >= 0.3 is 0 Å². The number of benzene rings is 2. The zero-order valence-corrected chi connectivity index (χ0v) is 19.5. The van der Waals surface area contributed by atoms with Crippen LogP contribution in [0.15, 0.2) is 89.9 Å². The Balaban J connectivity index is 0.000000186. The zero-order chi connectivity index (χ0) is 23.1. The van der Waals surface area contributed by atoms with Crippen LogP contribution in [0.4, 0.5) is 0 Å². The van der Waals surface area contributed by atoms with Crippen molar-refractivity contribution < 1.29 is 9.47 Å². The molecule has 0 bridgehead atoms. The van der Waals surface area contributed by atoms with Gasteiger partial charge in [0.05, 0.1) is 13.2 Å². The molecular weight excluding hydrogens is 430 g/mol. The van der Waals surface area contributed by atoms with E-state index in [9.17, 15) is 0 Å². The van der Waals surface area contributed by atoms with Crippen LogP contribution < -0.4 is 20.9 Å². The minimum Gasteiger partial charge on any atom is -0.494 e. The van der Waals surface area contributed by atoms with Crippen LogP contribution in [0.25, 0.3) is 22.3 Å². The smallest absolute Gasteiger partial charge is 0.119 e. The van der Waals surface area contributed by atoms with Gasteiger partial charge in [-0.15, -0.1) is 0 Å². The molecule has 33 heavy (non-hydrogen) atoms. The van der Waals surface area contributed by atoms with E-state index < -0.39 is 0 Å². The lowest BCUT2D eigenvalue weighted by molar-refractivity contribution is 0.313. The number of hydrogen-bond acceptors (Lipinski definition) is 6. The SMILES string of the molecule is NCCCOc1cccc(-c2cccnc2)c1.NCCCOc1cccc(-c2ccsc2)c1. The summed E-state index contributed by atoms with van der Waals surface area (Å²) in [5.41, 5.74) is 15.5. The summed E-state index contributed by atoms with van der Waals surface area (Å²) in [6.07, 6.45) is 5.38. The molecule has 0 unspecified atom stereocenters. The molecule has 6 heteroatoms. The highest BCUT2D eigenvalue weighted by molar-refractivity contribution is 7.08. The van der Waals surface area contributed by atoms with Crippen molar-refractivity contribution >= 4 is 11.3 Å². The van der Waals surface area contributed by atoms with Crippen LogP contribution in [0.1, 0.15) is 12.8 Å². The second-order valence-corrected chi connectivity index (χ2v) is 8.07. The van der Waals surface area contributed by atoms with Crippen LogP contribution >= 0.6 is 11.3 Å². The second-order valence-electron chi connectivity index (χ2n) is 7.29. The van der Waals surface area contributed by atoms with Crippen LogP contribution in [-0.2, 0) is 0 Å². The van der Waals surface area contributed by atoms with Crippen molar-refractivity contribution in [1.82, 2.24) is 4.98 Å². The van der Waals surface area contributed by atoms with Crippen LogP contribution in [0.2, 0.25) is 0 Å². The van der Waals surface area contributed by atoms with Crippen molar-refractivity contribution in [3.8, 4) is 33.8 Å². The number of nitrogens with zero attached hydrogens (tertiary/aromatic N) is 1. The molecule has 5 nitrogen and oxygen atoms in total.